The number of rotatable bonds is 0. The zero-order valence-corrected chi connectivity index (χ0v) is 40.1. The third-order valence-electron chi connectivity index (χ3n) is 12.7. The number of carbonyl (C=O) groups is 2. The molecule has 8 nitrogen and oxygen atoms in total. The van der Waals surface area contributed by atoms with Gasteiger partial charge in [-0.15, -0.1) is 0 Å². The molecule has 1 aliphatic carbocycles. The van der Waals surface area contributed by atoms with Gasteiger partial charge in [-0.05, 0) is 99.5 Å². The fourth-order valence-electron chi connectivity index (χ4n) is 8.57. The minimum Gasteiger partial charge on any atom is -0.507 e. The molecule has 0 aromatic heterocycles. The van der Waals surface area contributed by atoms with Gasteiger partial charge in [-0.1, -0.05) is 156 Å². The van der Waals surface area contributed by atoms with Crippen LogP contribution in [0, 0.1) is 0 Å². The van der Waals surface area contributed by atoms with Gasteiger partial charge in [0.1, 0.15) is 23.0 Å². The van der Waals surface area contributed by atoms with E-state index < -0.39 is 0 Å². The predicted octanol–water partition coefficient (Wildman–Crippen LogP) is 10.7. The summed E-state index contributed by atoms with van der Waals surface area (Å²) in [5.74, 6) is 0.933. The molecule has 0 spiro atoms. The van der Waals surface area contributed by atoms with E-state index in [1.165, 1.54) is 0 Å². The Hall–Kier alpha value is -5.76. The van der Waals surface area contributed by atoms with Crippen LogP contribution in [-0.4, -0.2) is 35.2 Å². The number of phenolic OH excluding ortho intramolecular Hbond substituents is 2. The van der Waals surface area contributed by atoms with Gasteiger partial charge in [-0.25, -0.2) is 0 Å². The van der Waals surface area contributed by atoms with Gasteiger partial charge in [-0.2, -0.15) is 0 Å². The highest BCUT2D eigenvalue weighted by Crippen LogP contribution is 2.44. The average molecular weight is 865 g/mol. The second-order valence-electron chi connectivity index (χ2n) is 22.2. The number of ether oxygens (including phenoxy) is 2. The summed E-state index contributed by atoms with van der Waals surface area (Å²) in [4.78, 5) is 27.3. The molecule has 0 fully saturated rings. The smallest absolute Gasteiger partial charge is 0.258 e. The van der Waals surface area contributed by atoms with Gasteiger partial charge in [-0.3, -0.25) is 9.59 Å². The lowest BCUT2D eigenvalue weighted by atomic mass is 9.79. The summed E-state index contributed by atoms with van der Waals surface area (Å²) in [7, 11) is 0. The van der Waals surface area contributed by atoms with Crippen LogP contribution in [0.3, 0.4) is 0 Å². The molecule has 5 aromatic carbocycles. The first-order valence-electron chi connectivity index (χ1n) is 22.7. The van der Waals surface area contributed by atoms with Crippen LogP contribution in [0.4, 0.5) is 0 Å². The zero-order chi connectivity index (χ0) is 46.5. The highest BCUT2D eigenvalue weighted by molar-refractivity contribution is 5.78. The molecular formula is C56H68N2O6. The maximum Gasteiger partial charge on any atom is 0.258 e. The molecule has 12 bridgehead atoms. The standard InChI is InChI=1S/C56H68N2O6/c1-53(2,3)43-21-35-17-39-25-45(55(7,8)9)27-41-19-37-23-44(54(4,5)6)24-38(50(37)62)20-42-28-46(56(10,11)12)26-40(18-36(22-43)49(35)61)52(42)64-32-48(60)58-30-34-15-13-33(14-16-34)29-57-47(59)31-63-51(39)41/h13-16,21-28,61-62H,17-20,29-32H2,1-12H3,(H,57,59)(H,58,60). The van der Waals surface area contributed by atoms with Crippen molar-refractivity contribution in [1.82, 2.24) is 10.6 Å². The number of nitrogens with one attached hydrogen (secondary N) is 2. The molecule has 0 saturated heterocycles. The van der Waals surface area contributed by atoms with Gasteiger partial charge in [0.2, 0.25) is 0 Å². The van der Waals surface area contributed by atoms with Crippen molar-refractivity contribution in [1.29, 1.82) is 0 Å². The van der Waals surface area contributed by atoms with Crippen molar-refractivity contribution >= 4 is 11.8 Å². The lowest BCUT2D eigenvalue weighted by molar-refractivity contribution is -0.124. The Kier molecular flexibility index (Phi) is 12.5. The van der Waals surface area contributed by atoms with Crippen LogP contribution in [0.2, 0.25) is 0 Å². The average Bonchev–Trinajstić information content (AvgIpc) is 3.19. The van der Waals surface area contributed by atoms with Crippen LogP contribution < -0.4 is 20.1 Å². The third kappa shape index (κ3) is 10.4. The number of amides is 2. The van der Waals surface area contributed by atoms with Gasteiger partial charge < -0.3 is 30.3 Å². The van der Waals surface area contributed by atoms with Crippen LogP contribution in [0.1, 0.15) is 161 Å². The highest BCUT2D eigenvalue weighted by Gasteiger charge is 2.29. The van der Waals surface area contributed by atoms with E-state index in [1.54, 1.807) is 0 Å². The van der Waals surface area contributed by atoms with Crippen LogP contribution in [0.5, 0.6) is 23.0 Å². The fraction of sp³-hybridized carbons (Fsp3) is 0.429. The summed E-state index contributed by atoms with van der Waals surface area (Å²) in [6.45, 7) is 26.3. The number of aromatic hydroxyl groups is 2. The van der Waals surface area contributed by atoms with Crippen molar-refractivity contribution < 1.29 is 29.3 Å². The Labute approximate surface area is 380 Å². The van der Waals surface area contributed by atoms with Gasteiger partial charge in [0.25, 0.3) is 11.8 Å². The molecule has 5 aromatic rings. The molecule has 4 N–H and O–H groups in total. The molecule has 2 amide bonds. The minimum atomic E-state index is -0.278. The van der Waals surface area contributed by atoms with Crippen LogP contribution in [0.15, 0.2) is 72.8 Å². The molecule has 5 aliphatic rings. The number of phenols is 2. The molecule has 0 saturated carbocycles. The highest BCUT2D eigenvalue weighted by atomic mass is 16.5. The summed E-state index contributed by atoms with van der Waals surface area (Å²) >= 11 is 0. The Morgan fingerprint density at radius 3 is 0.875 bits per heavy atom. The first kappa shape index (κ1) is 46.2. The van der Waals surface area contributed by atoms with Gasteiger partial charge in [0.05, 0.1) is 0 Å². The minimum absolute atomic E-state index is 0.179. The Morgan fingerprint density at radius 2 is 0.641 bits per heavy atom. The van der Waals surface area contributed by atoms with E-state index in [4.69, 9.17) is 9.47 Å². The summed E-state index contributed by atoms with van der Waals surface area (Å²) in [6.07, 6.45) is 1.27. The van der Waals surface area contributed by atoms with Crippen molar-refractivity contribution in [2.75, 3.05) is 13.2 Å². The lowest BCUT2D eigenvalue weighted by Gasteiger charge is -2.28. The second kappa shape index (κ2) is 17.3. The van der Waals surface area contributed by atoms with E-state index in [2.05, 4.69) is 142 Å². The van der Waals surface area contributed by atoms with E-state index in [1.807, 2.05) is 24.3 Å². The topological polar surface area (TPSA) is 117 Å². The molecule has 10 rings (SSSR count). The van der Waals surface area contributed by atoms with Gasteiger partial charge in [0.15, 0.2) is 13.2 Å². The monoisotopic (exact) mass is 865 g/mol. The van der Waals surface area contributed by atoms with Crippen LogP contribution >= 0.6 is 0 Å². The number of benzene rings is 5. The molecule has 64 heavy (non-hydrogen) atoms. The molecule has 8 heteroatoms. The third-order valence-corrected chi connectivity index (χ3v) is 12.7. The molecule has 338 valence electrons. The quantitative estimate of drug-likeness (QED) is 0.121. The Bertz CT molecular complexity index is 2320. The van der Waals surface area contributed by atoms with Crippen molar-refractivity contribution in [2.24, 2.45) is 0 Å². The van der Waals surface area contributed by atoms with Crippen molar-refractivity contribution in [3.8, 4) is 23.0 Å². The Balaban J connectivity index is 1.57. The first-order chi connectivity index (χ1) is 29.8. The summed E-state index contributed by atoms with van der Waals surface area (Å²) < 4.78 is 13.4. The first-order valence-corrected chi connectivity index (χ1v) is 22.7. The van der Waals surface area contributed by atoms with Crippen LogP contribution in [0.25, 0.3) is 0 Å². The summed E-state index contributed by atoms with van der Waals surface area (Å²) in [5.41, 5.74) is 11.3. The molecule has 0 atom stereocenters. The van der Waals surface area contributed by atoms with E-state index >= 15 is 0 Å². The van der Waals surface area contributed by atoms with Gasteiger partial charge >= 0.3 is 0 Å². The van der Waals surface area contributed by atoms with Crippen molar-refractivity contribution in [3.05, 3.63) is 151 Å². The fourth-order valence-corrected chi connectivity index (χ4v) is 8.57. The normalized spacial score (nSPS) is 15.4. The maximum atomic E-state index is 13.7. The number of hydrogen-bond acceptors (Lipinski definition) is 6. The predicted molar refractivity (Wildman–Crippen MR) is 256 cm³/mol. The van der Waals surface area contributed by atoms with Gasteiger partial charge in [0, 0.05) is 38.8 Å². The SMILES string of the molecule is CC(C)(C)c1cc2c(O)c(c1)Cc1cc(C(C)(C)C)cc3c1OCC(=O)NCc1ccc(cc1)CNC(=O)COc1c(cc(C(C)(C)C)cc1Cc1cc(C(C)(C)C)cc(c1O)C3)C2. The number of carbonyl (C=O) groups excluding carboxylic acids is 2. The van der Waals surface area contributed by atoms with E-state index in [0.29, 0.717) is 50.3 Å². The summed E-state index contributed by atoms with van der Waals surface area (Å²) in [5, 5.41) is 31.1. The molecule has 0 unspecified atom stereocenters. The molecular weight excluding hydrogens is 797 g/mol. The molecule has 0 radical (unpaired) electrons. The van der Waals surface area contributed by atoms with E-state index in [0.717, 1.165) is 77.9 Å². The summed E-state index contributed by atoms with van der Waals surface area (Å²) in [6, 6.07) is 24.8. The van der Waals surface area contributed by atoms with Crippen LogP contribution in [-0.2, 0) is 70.0 Å². The van der Waals surface area contributed by atoms with E-state index in [9.17, 15) is 19.8 Å². The second-order valence-corrected chi connectivity index (χ2v) is 22.2. The lowest BCUT2D eigenvalue weighted by Crippen LogP contribution is -2.29. The molecule has 4 heterocycles. The number of hydrogen-bond donors (Lipinski definition) is 4. The molecule has 4 aliphatic heterocycles. The van der Waals surface area contributed by atoms with Crippen molar-refractivity contribution in [3.63, 3.8) is 0 Å². The van der Waals surface area contributed by atoms with Crippen molar-refractivity contribution in [2.45, 2.75) is 144 Å². The Morgan fingerprint density at radius 1 is 0.406 bits per heavy atom. The van der Waals surface area contributed by atoms with E-state index in [-0.39, 0.29) is 58.2 Å². The maximum absolute atomic E-state index is 13.7. The zero-order valence-electron chi connectivity index (χ0n) is 40.1. The largest absolute Gasteiger partial charge is 0.507 e.